The molecule has 1 aromatic carbocycles. The van der Waals surface area contributed by atoms with Crippen molar-refractivity contribution in [1.29, 1.82) is 0 Å². The van der Waals surface area contributed by atoms with Crippen molar-refractivity contribution in [2.45, 2.75) is 58.4 Å². The van der Waals surface area contributed by atoms with Gasteiger partial charge in [-0.2, -0.15) is 0 Å². The lowest BCUT2D eigenvalue weighted by Gasteiger charge is -2.13. The highest BCUT2D eigenvalue weighted by Crippen LogP contribution is 2.25. The summed E-state index contributed by atoms with van der Waals surface area (Å²) in [6.07, 6.45) is 7.64. The molecule has 0 amide bonds. The lowest BCUT2D eigenvalue weighted by Crippen LogP contribution is -2.18. The maximum absolute atomic E-state index is 12.6. The Labute approximate surface area is 126 Å². The van der Waals surface area contributed by atoms with E-state index >= 15 is 0 Å². The normalized spacial score (nSPS) is 17.0. The van der Waals surface area contributed by atoms with Gasteiger partial charge in [0.1, 0.15) is 11.6 Å². The number of rotatable bonds is 4. The van der Waals surface area contributed by atoms with Crippen LogP contribution in [0.15, 0.2) is 24.3 Å². The molecule has 3 nitrogen and oxygen atoms in total. The molecular weight excluding hydrogens is 260 g/mol. The molecule has 1 aliphatic carbocycles. The summed E-state index contributed by atoms with van der Waals surface area (Å²) in [5.74, 6) is 1.59. The summed E-state index contributed by atoms with van der Waals surface area (Å²) in [6.45, 7) is 2.99. The number of imidazole rings is 1. The maximum Gasteiger partial charge on any atom is 0.143 e. The molecule has 0 spiro atoms. The minimum atomic E-state index is 0.262. The molecule has 0 atom stereocenters. The summed E-state index contributed by atoms with van der Waals surface area (Å²) in [4.78, 5) is 17.3. The highest BCUT2D eigenvalue weighted by atomic mass is 16.1. The van der Waals surface area contributed by atoms with E-state index in [-0.39, 0.29) is 5.92 Å². The first kappa shape index (κ1) is 14.3. The van der Waals surface area contributed by atoms with Gasteiger partial charge in [0.25, 0.3) is 0 Å². The van der Waals surface area contributed by atoms with Crippen LogP contribution in [0.1, 0.15) is 51.3 Å². The molecule has 1 aliphatic rings. The number of ketones is 1. The second-order valence-electron chi connectivity index (χ2n) is 6.09. The first-order valence-electron chi connectivity index (χ1n) is 8.26. The number of fused-ring (bicyclic) bond motifs is 1. The molecule has 0 unspecified atom stereocenters. The van der Waals surface area contributed by atoms with Crippen molar-refractivity contribution < 1.29 is 4.79 Å². The molecule has 2 aromatic rings. The van der Waals surface area contributed by atoms with Crippen LogP contribution in [-0.4, -0.2) is 15.3 Å². The Hall–Kier alpha value is -1.64. The van der Waals surface area contributed by atoms with E-state index in [0.717, 1.165) is 36.2 Å². The van der Waals surface area contributed by atoms with Crippen LogP contribution in [0.5, 0.6) is 0 Å². The minimum absolute atomic E-state index is 0.262. The standard InChI is InChI=1S/C18H24N2O/c1-2-20-16-12-8-7-11-15(16)19-18(20)13-17(21)14-9-5-3-4-6-10-14/h7-8,11-12,14H,2-6,9-10,13H2,1H3. The van der Waals surface area contributed by atoms with Gasteiger partial charge in [-0.1, -0.05) is 37.8 Å². The third-order valence-corrected chi connectivity index (χ3v) is 4.69. The summed E-state index contributed by atoms with van der Waals surface area (Å²) in [5, 5.41) is 0. The summed E-state index contributed by atoms with van der Waals surface area (Å²) in [5.41, 5.74) is 2.15. The molecule has 0 bridgehead atoms. The predicted molar refractivity (Wildman–Crippen MR) is 85.3 cm³/mol. The second-order valence-corrected chi connectivity index (χ2v) is 6.09. The van der Waals surface area contributed by atoms with Gasteiger partial charge in [0.05, 0.1) is 17.5 Å². The van der Waals surface area contributed by atoms with Gasteiger partial charge in [-0.25, -0.2) is 4.98 Å². The number of carbonyl (C=O) groups is 1. The van der Waals surface area contributed by atoms with Crippen molar-refractivity contribution in [3.63, 3.8) is 0 Å². The molecule has 0 saturated heterocycles. The number of carbonyl (C=O) groups excluding carboxylic acids is 1. The second kappa shape index (κ2) is 6.42. The van der Waals surface area contributed by atoms with Crippen molar-refractivity contribution in [3.05, 3.63) is 30.1 Å². The van der Waals surface area contributed by atoms with E-state index in [4.69, 9.17) is 0 Å². The van der Waals surface area contributed by atoms with Gasteiger partial charge in [-0.15, -0.1) is 0 Å². The zero-order chi connectivity index (χ0) is 14.7. The van der Waals surface area contributed by atoms with Crippen molar-refractivity contribution in [1.82, 2.24) is 9.55 Å². The van der Waals surface area contributed by atoms with Crippen molar-refractivity contribution in [2.24, 2.45) is 5.92 Å². The number of Topliss-reactive ketones (excluding diaryl/α,β-unsaturated/α-hetero) is 1. The van der Waals surface area contributed by atoms with Gasteiger partial charge in [0, 0.05) is 12.5 Å². The van der Waals surface area contributed by atoms with Gasteiger partial charge in [0.2, 0.25) is 0 Å². The smallest absolute Gasteiger partial charge is 0.143 e. The number of aromatic nitrogens is 2. The van der Waals surface area contributed by atoms with Gasteiger partial charge in [0.15, 0.2) is 0 Å². The Bertz CT molecular complexity index is 621. The Morgan fingerprint density at radius 2 is 1.90 bits per heavy atom. The Morgan fingerprint density at radius 1 is 1.19 bits per heavy atom. The zero-order valence-corrected chi connectivity index (χ0v) is 12.8. The third kappa shape index (κ3) is 3.02. The Kier molecular flexibility index (Phi) is 4.37. The fourth-order valence-corrected chi connectivity index (χ4v) is 3.51. The summed E-state index contributed by atoms with van der Waals surface area (Å²) in [6, 6.07) is 8.16. The third-order valence-electron chi connectivity index (χ3n) is 4.69. The molecule has 1 heterocycles. The number of para-hydroxylation sites is 2. The molecule has 3 rings (SSSR count). The van der Waals surface area contributed by atoms with Gasteiger partial charge < -0.3 is 4.57 Å². The first-order valence-corrected chi connectivity index (χ1v) is 8.26. The largest absolute Gasteiger partial charge is 0.328 e. The Balaban J connectivity index is 1.82. The van der Waals surface area contributed by atoms with E-state index in [9.17, 15) is 4.79 Å². The summed E-state index contributed by atoms with van der Waals surface area (Å²) >= 11 is 0. The summed E-state index contributed by atoms with van der Waals surface area (Å²) < 4.78 is 2.18. The molecule has 21 heavy (non-hydrogen) atoms. The lowest BCUT2D eigenvalue weighted by atomic mass is 9.93. The number of hydrogen-bond acceptors (Lipinski definition) is 2. The van der Waals surface area contributed by atoms with Crippen LogP contribution in [-0.2, 0) is 17.8 Å². The average molecular weight is 284 g/mol. The van der Waals surface area contributed by atoms with E-state index in [1.165, 1.54) is 25.7 Å². The van der Waals surface area contributed by atoms with Crippen LogP contribution in [0.2, 0.25) is 0 Å². The topological polar surface area (TPSA) is 34.9 Å². The highest BCUT2D eigenvalue weighted by Gasteiger charge is 2.22. The molecule has 1 aromatic heterocycles. The molecule has 0 aliphatic heterocycles. The molecule has 1 saturated carbocycles. The molecule has 1 fully saturated rings. The van der Waals surface area contributed by atoms with E-state index in [2.05, 4.69) is 22.5 Å². The van der Waals surface area contributed by atoms with Gasteiger partial charge in [-0.05, 0) is 31.9 Å². The predicted octanol–water partition coefficient (Wildman–Crippen LogP) is 4.14. The van der Waals surface area contributed by atoms with E-state index in [1.54, 1.807) is 0 Å². The molecule has 112 valence electrons. The SMILES string of the molecule is CCn1c(CC(=O)C2CCCCCC2)nc2ccccc21. The molecule has 3 heteroatoms. The van der Waals surface area contributed by atoms with Crippen molar-refractivity contribution in [2.75, 3.05) is 0 Å². The number of aryl methyl sites for hydroxylation is 1. The van der Waals surface area contributed by atoms with Crippen LogP contribution in [0.4, 0.5) is 0 Å². The average Bonchev–Trinajstić information content (AvgIpc) is 2.67. The highest BCUT2D eigenvalue weighted by molar-refractivity contribution is 5.84. The van der Waals surface area contributed by atoms with Gasteiger partial charge >= 0.3 is 0 Å². The minimum Gasteiger partial charge on any atom is -0.328 e. The van der Waals surface area contributed by atoms with E-state index in [1.807, 2.05) is 18.2 Å². The fourth-order valence-electron chi connectivity index (χ4n) is 3.51. The van der Waals surface area contributed by atoms with Crippen molar-refractivity contribution >= 4 is 16.8 Å². The van der Waals surface area contributed by atoms with Crippen molar-refractivity contribution in [3.8, 4) is 0 Å². The van der Waals surface area contributed by atoms with Crippen LogP contribution in [0.3, 0.4) is 0 Å². The maximum atomic E-state index is 12.6. The lowest BCUT2D eigenvalue weighted by molar-refractivity contribution is -0.122. The number of nitrogens with zero attached hydrogens (tertiary/aromatic N) is 2. The summed E-state index contributed by atoms with van der Waals surface area (Å²) in [7, 11) is 0. The molecular formula is C18H24N2O. The van der Waals surface area contributed by atoms with Gasteiger partial charge in [-0.3, -0.25) is 4.79 Å². The first-order chi connectivity index (χ1) is 10.3. The van der Waals surface area contributed by atoms with E-state index < -0.39 is 0 Å². The van der Waals surface area contributed by atoms with E-state index in [0.29, 0.717) is 12.2 Å². The number of benzene rings is 1. The molecule has 0 N–H and O–H groups in total. The van der Waals surface area contributed by atoms with Crippen LogP contribution < -0.4 is 0 Å². The van der Waals surface area contributed by atoms with Crippen LogP contribution in [0, 0.1) is 5.92 Å². The quantitative estimate of drug-likeness (QED) is 0.791. The Morgan fingerprint density at radius 3 is 2.62 bits per heavy atom. The number of hydrogen-bond donors (Lipinski definition) is 0. The monoisotopic (exact) mass is 284 g/mol. The van der Waals surface area contributed by atoms with Crippen LogP contribution >= 0.6 is 0 Å². The fraction of sp³-hybridized carbons (Fsp3) is 0.556. The van der Waals surface area contributed by atoms with Crippen LogP contribution in [0.25, 0.3) is 11.0 Å². The molecule has 0 radical (unpaired) electrons. The zero-order valence-electron chi connectivity index (χ0n) is 12.8.